The summed E-state index contributed by atoms with van der Waals surface area (Å²) in [5.41, 5.74) is 2.68. The van der Waals surface area contributed by atoms with Gasteiger partial charge in [-0.15, -0.1) is 0 Å². The molecule has 7 heteroatoms. The highest BCUT2D eigenvalue weighted by molar-refractivity contribution is 5.94. The maximum absolute atomic E-state index is 13.9. The van der Waals surface area contributed by atoms with Crippen LogP contribution in [0.5, 0.6) is 11.5 Å². The van der Waals surface area contributed by atoms with E-state index in [9.17, 15) is 18.0 Å². The van der Waals surface area contributed by atoms with Crippen LogP contribution in [-0.2, 0) is 19.3 Å². The molecule has 0 bridgehead atoms. The zero-order valence-corrected chi connectivity index (χ0v) is 14.8. The van der Waals surface area contributed by atoms with Gasteiger partial charge < -0.3 is 14.4 Å². The van der Waals surface area contributed by atoms with Crippen LogP contribution in [0.4, 0.5) is 13.2 Å². The van der Waals surface area contributed by atoms with Crippen molar-refractivity contribution in [3.8, 4) is 11.5 Å². The van der Waals surface area contributed by atoms with Gasteiger partial charge in [0.25, 0.3) is 5.91 Å². The molecule has 1 amide bonds. The summed E-state index contributed by atoms with van der Waals surface area (Å²) in [6.45, 7) is 1.50. The molecule has 0 aromatic heterocycles. The lowest BCUT2D eigenvalue weighted by Crippen LogP contribution is -2.30. The average Bonchev–Trinajstić information content (AvgIpc) is 3.31. The molecule has 2 aromatic rings. The van der Waals surface area contributed by atoms with E-state index in [4.69, 9.17) is 9.47 Å². The first-order chi connectivity index (χ1) is 13.0. The second kappa shape index (κ2) is 6.79. The van der Waals surface area contributed by atoms with Gasteiger partial charge in [-0.2, -0.15) is 0 Å². The molecule has 0 saturated heterocycles. The van der Waals surface area contributed by atoms with E-state index in [1.54, 1.807) is 0 Å². The lowest BCUT2D eigenvalue weighted by atomic mass is 9.97. The molecule has 0 radical (unpaired) electrons. The van der Waals surface area contributed by atoms with Crippen molar-refractivity contribution in [1.82, 2.24) is 4.90 Å². The van der Waals surface area contributed by atoms with Crippen LogP contribution in [0.1, 0.15) is 27.0 Å². The Balaban J connectivity index is 1.55. The van der Waals surface area contributed by atoms with Gasteiger partial charge in [-0.3, -0.25) is 4.79 Å². The predicted molar refractivity (Wildman–Crippen MR) is 91.8 cm³/mol. The van der Waals surface area contributed by atoms with Crippen LogP contribution in [0, 0.1) is 17.5 Å². The molecule has 0 fully saturated rings. The number of nitrogens with zero attached hydrogens (tertiary/aromatic N) is 1. The molecule has 2 heterocycles. The standard InChI is InChI=1S/C20H18F3NO3/c1-24(20(25)14-2-3-15(21)18(23)17(14)22)7-4-13-12-6-9-26-16(12)10-11-5-8-27-19(11)13/h2-3,10H,4-9H2,1H3. The zero-order valence-electron chi connectivity index (χ0n) is 14.8. The number of ether oxygens (including phenoxy) is 2. The number of halogens is 3. The van der Waals surface area contributed by atoms with Crippen LogP contribution in [-0.4, -0.2) is 37.6 Å². The highest BCUT2D eigenvalue weighted by atomic mass is 19.2. The van der Waals surface area contributed by atoms with E-state index < -0.39 is 28.9 Å². The smallest absolute Gasteiger partial charge is 0.256 e. The van der Waals surface area contributed by atoms with Gasteiger partial charge in [0.1, 0.15) is 11.5 Å². The Morgan fingerprint density at radius 3 is 2.70 bits per heavy atom. The Morgan fingerprint density at radius 2 is 1.89 bits per heavy atom. The number of benzene rings is 2. The summed E-state index contributed by atoms with van der Waals surface area (Å²) in [5.74, 6) is -3.43. The van der Waals surface area contributed by atoms with Crippen molar-refractivity contribution in [2.45, 2.75) is 19.3 Å². The van der Waals surface area contributed by atoms with Crippen LogP contribution < -0.4 is 9.47 Å². The molecule has 142 valence electrons. The molecule has 0 unspecified atom stereocenters. The Hall–Kier alpha value is -2.70. The van der Waals surface area contributed by atoms with Gasteiger partial charge in [-0.05, 0) is 24.6 Å². The van der Waals surface area contributed by atoms with E-state index in [2.05, 4.69) is 0 Å². The first kappa shape index (κ1) is 17.7. The minimum Gasteiger partial charge on any atom is -0.493 e. The van der Waals surface area contributed by atoms with E-state index in [-0.39, 0.29) is 6.54 Å². The molecule has 2 aliphatic heterocycles. The molecule has 2 aromatic carbocycles. The number of carbonyl (C=O) groups excluding carboxylic acids is 1. The molecule has 4 nitrogen and oxygen atoms in total. The normalized spacial score (nSPS) is 14.4. The minimum atomic E-state index is -1.64. The Kier molecular flexibility index (Phi) is 4.45. The summed E-state index contributed by atoms with van der Waals surface area (Å²) >= 11 is 0. The molecule has 0 saturated carbocycles. The monoisotopic (exact) mass is 377 g/mol. The maximum atomic E-state index is 13.9. The molecule has 0 N–H and O–H groups in total. The van der Waals surface area contributed by atoms with Gasteiger partial charge in [0.2, 0.25) is 0 Å². The predicted octanol–water partition coefficient (Wildman–Crippen LogP) is 3.29. The second-order valence-electron chi connectivity index (χ2n) is 6.72. The van der Waals surface area contributed by atoms with Crippen LogP contribution >= 0.6 is 0 Å². The van der Waals surface area contributed by atoms with Crippen molar-refractivity contribution in [2.75, 3.05) is 26.8 Å². The summed E-state index contributed by atoms with van der Waals surface area (Å²) in [5, 5.41) is 0. The first-order valence-corrected chi connectivity index (χ1v) is 8.79. The number of likely N-dealkylation sites (N-methyl/N-ethyl adjacent to an activating group) is 1. The molecular weight excluding hydrogens is 359 g/mol. The van der Waals surface area contributed by atoms with Crippen molar-refractivity contribution in [1.29, 1.82) is 0 Å². The minimum absolute atomic E-state index is 0.281. The summed E-state index contributed by atoms with van der Waals surface area (Å²) in [4.78, 5) is 13.8. The third-order valence-corrected chi connectivity index (χ3v) is 5.07. The van der Waals surface area contributed by atoms with Crippen LogP contribution in [0.15, 0.2) is 18.2 Å². The van der Waals surface area contributed by atoms with E-state index >= 15 is 0 Å². The molecule has 0 spiro atoms. The highest BCUT2D eigenvalue weighted by Gasteiger charge is 2.27. The number of carbonyl (C=O) groups is 1. The van der Waals surface area contributed by atoms with E-state index in [0.29, 0.717) is 19.6 Å². The topological polar surface area (TPSA) is 38.8 Å². The summed E-state index contributed by atoms with van der Waals surface area (Å²) in [6, 6.07) is 3.72. The fraction of sp³-hybridized carbons (Fsp3) is 0.350. The highest BCUT2D eigenvalue weighted by Crippen LogP contribution is 2.40. The van der Waals surface area contributed by atoms with E-state index in [1.165, 1.54) is 11.9 Å². The molecule has 2 aliphatic rings. The van der Waals surface area contributed by atoms with Crippen molar-refractivity contribution in [3.05, 3.63) is 57.9 Å². The lowest BCUT2D eigenvalue weighted by Gasteiger charge is -2.20. The van der Waals surface area contributed by atoms with Crippen LogP contribution in [0.3, 0.4) is 0 Å². The number of rotatable bonds is 4. The third kappa shape index (κ3) is 3.01. The molecule has 4 rings (SSSR count). The molecule has 0 aliphatic carbocycles. The third-order valence-electron chi connectivity index (χ3n) is 5.07. The van der Waals surface area contributed by atoms with E-state index in [1.807, 2.05) is 6.07 Å². The van der Waals surface area contributed by atoms with Gasteiger partial charge in [0.05, 0.1) is 18.8 Å². The molecule has 27 heavy (non-hydrogen) atoms. The fourth-order valence-corrected chi connectivity index (χ4v) is 3.63. The maximum Gasteiger partial charge on any atom is 0.256 e. The second-order valence-corrected chi connectivity index (χ2v) is 6.72. The molecular formula is C20H18F3NO3. The van der Waals surface area contributed by atoms with Crippen molar-refractivity contribution >= 4 is 5.91 Å². The van der Waals surface area contributed by atoms with Gasteiger partial charge in [0.15, 0.2) is 17.5 Å². The summed E-state index contributed by atoms with van der Waals surface area (Å²) in [6.07, 6.45) is 2.09. The summed E-state index contributed by atoms with van der Waals surface area (Å²) < 4.78 is 51.8. The number of amides is 1. The largest absolute Gasteiger partial charge is 0.493 e. The molecule has 0 atom stereocenters. The lowest BCUT2D eigenvalue weighted by molar-refractivity contribution is 0.0790. The SMILES string of the molecule is CN(CCc1c2c(cc3c1OCC3)OCC2)C(=O)c1ccc(F)c(F)c1F. The van der Waals surface area contributed by atoms with Crippen molar-refractivity contribution < 1.29 is 27.4 Å². The van der Waals surface area contributed by atoms with Crippen LogP contribution in [0.25, 0.3) is 0 Å². The van der Waals surface area contributed by atoms with Gasteiger partial charge in [-0.1, -0.05) is 0 Å². The van der Waals surface area contributed by atoms with Gasteiger partial charge in [-0.25, -0.2) is 13.2 Å². The number of hydrogen-bond acceptors (Lipinski definition) is 3. The average molecular weight is 377 g/mol. The van der Waals surface area contributed by atoms with Crippen molar-refractivity contribution in [2.24, 2.45) is 0 Å². The quantitative estimate of drug-likeness (QED) is 0.768. The Morgan fingerprint density at radius 1 is 1.11 bits per heavy atom. The number of hydrogen-bond donors (Lipinski definition) is 0. The van der Waals surface area contributed by atoms with Gasteiger partial charge >= 0.3 is 0 Å². The summed E-state index contributed by atoms with van der Waals surface area (Å²) in [7, 11) is 1.50. The zero-order chi connectivity index (χ0) is 19.1. The Bertz CT molecular complexity index is 897. The van der Waals surface area contributed by atoms with Crippen molar-refractivity contribution in [3.63, 3.8) is 0 Å². The first-order valence-electron chi connectivity index (χ1n) is 8.79. The number of fused-ring (bicyclic) bond motifs is 2. The van der Waals surface area contributed by atoms with Gasteiger partial charge in [0, 0.05) is 43.1 Å². The van der Waals surface area contributed by atoms with E-state index in [0.717, 1.165) is 53.2 Å². The van der Waals surface area contributed by atoms with Crippen LogP contribution in [0.2, 0.25) is 0 Å². The fourth-order valence-electron chi connectivity index (χ4n) is 3.63. The Labute approximate surface area is 154 Å².